The van der Waals surface area contributed by atoms with Crippen molar-refractivity contribution in [3.05, 3.63) is 84.2 Å². The molecule has 0 radical (unpaired) electrons. The summed E-state index contributed by atoms with van der Waals surface area (Å²) in [4.78, 5) is 12.4. The molecule has 0 bridgehead atoms. The lowest BCUT2D eigenvalue weighted by Crippen LogP contribution is -2.14. The summed E-state index contributed by atoms with van der Waals surface area (Å²) in [6.07, 6.45) is 0. The highest BCUT2D eigenvalue weighted by molar-refractivity contribution is 7.99. The molecule has 1 amide bonds. The number of halogens is 1. The number of aromatic nitrogens is 3. The van der Waals surface area contributed by atoms with Crippen LogP contribution < -0.4 is 5.32 Å². The Morgan fingerprint density at radius 2 is 1.81 bits per heavy atom. The van der Waals surface area contributed by atoms with E-state index in [1.165, 1.54) is 17.8 Å². The Morgan fingerprint density at radius 3 is 2.55 bits per heavy atom. The lowest BCUT2D eigenvalue weighted by Gasteiger charge is -2.11. The number of phenols is 1. The monoisotopic (exact) mass is 434 g/mol. The number of carbonyl (C=O) groups excluding carboxylic acids is 1. The number of aryl methyl sites for hydroxylation is 1. The van der Waals surface area contributed by atoms with E-state index >= 15 is 0 Å². The summed E-state index contributed by atoms with van der Waals surface area (Å²) < 4.78 is 15.5. The van der Waals surface area contributed by atoms with Gasteiger partial charge in [-0.15, -0.1) is 10.2 Å². The quantitative estimate of drug-likeness (QED) is 0.426. The van der Waals surface area contributed by atoms with E-state index in [1.807, 2.05) is 30.3 Å². The van der Waals surface area contributed by atoms with E-state index in [0.29, 0.717) is 27.8 Å². The zero-order valence-electron chi connectivity index (χ0n) is 16.6. The van der Waals surface area contributed by atoms with Gasteiger partial charge in [0.25, 0.3) is 0 Å². The molecule has 0 saturated carbocycles. The van der Waals surface area contributed by atoms with Gasteiger partial charge in [0, 0.05) is 11.4 Å². The Morgan fingerprint density at radius 1 is 1.06 bits per heavy atom. The van der Waals surface area contributed by atoms with Gasteiger partial charge in [0.05, 0.1) is 11.3 Å². The molecule has 156 valence electrons. The molecule has 0 aliphatic heterocycles. The molecule has 0 atom stereocenters. The summed E-state index contributed by atoms with van der Waals surface area (Å²) in [6.45, 7) is 1.66. The van der Waals surface area contributed by atoms with E-state index < -0.39 is 0 Å². The zero-order chi connectivity index (χ0) is 21.8. The van der Waals surface area contributed by atoms with Crippen LogP contribution in [0.1, 0.15) is 5.56 Å². The number of hydrogen-bond acceptors (Lipinski definition) is 5. The maximum absolute atomic E-state index is 13.7. The van der Waals surface area contributed by atoms with Crippen molar-refractivity contribution in [2.45, 2.75) is 12.1 Å². The molecule has 2 N–H and O–H groups in total. The van der Waals surface area contributed by atoms with Crippen molar-refractivity contribution in [3.8, 4) is 22.8 Å². The largest absolute Gasteiger partial charge is 0.507 e. The number of thioether (sulfide) groups is 1. The number of para-hydroxylation sites is 2. The average Bonchev–Trinajstić information content (AvgIpc) is 3.19. The molecule has 31 heavy (non-hydrogen) atoms. The van der Waals surface area contributed by atoms with E-state index in [9.17, 15) is 14.3 Å². The molecule has 3 aromatic carbocycles. The number of hydrogen-bond donors (Lipinski definition) is 2. The van der Waals surface area contributed by atoms with Crippen LogP contribution in [0.5, 0.6) is 5.75 Å². The van der Waals surface area contributed by atoms with Gasteiger partial charge in [0.1, 0.15) is 11.6 Å². The molecule has 4 rings (SSSR count). The van der Waals surface area contributed by atoms with Crippen molar-refractivity contribution in [2.24, 2.45) is 0 Å². The number of phenolic OH excluding ortho intramolecular Hbond substituents is 1. The minimum absolute atomic E-state index is 0.0568. The Kier molecular flexibility index (Phi) is 5.99. The van der Waals surface area contributed by atoms with Crippen molar-refractivity contribution in [1.29, 1.82) is 0 Å². The van der Waals surface area contributed by atoms with E-state index in [0.717, 1.165) is 5.69 Å². The van der Waals surface area contributed by atoms with Crippen molar-refractivity contribution in [2.75, 3.05) is 11.1 Å². The van der Waals surface area contributed by atoms with E-state index in [1.54, 1.807) is 47.9 Å². The fourth-order valence-electron chi connectivity index (χ4n) is 3.01. The Hall–Kier alpha value is -3.65. The van der Waals surface area contributed by atoms with Gasteiger partial charge < -0.3 is 10.4 Å². The van der Waals surface area contributed by atoms with Crippen LogP contribution in [0.4, 0.5) is 10.1 Å². The van der Waals surface area contributed by atoms with Gasteiger partial charge in [-0.05, 0) is 48.9 Å². The summed E-state index contributed by atoms with van der Waals surface area (Å²) in [5.41, 5.74) is 2.24. The maximum Gasteiger partial charge on any atom is 0.234 e. The normalized spacial score (nSPS) is 10.8. The number of amides is 1. The molecule has 0 aliphatic carbocycles. The molecular formula is C23H19FN4O2S. The highest BCUT2D eigenvalue weighted by atomic mass is 32.2. The fourth-order valence-corrected chi connectivity index (χ4v) is 3.76. The second-order valence-electron chi connectivity index (χ2n) is 6.80. The minimum atomic E-state index is -0.374. The first-order valence-corrected chi connectivity index (χ1v) is 10.5. The third kappa shape index (κ3) is 4.59. The smallest absolute Gasteiger partial charge is 0.234 e. The third-order valence-electron chi connectivity index (χ3n) is 4.58. The van der Waals surface area contributed by atoms with E-state index in [2.05, 4.69) is 15.5 Å². The van der Waals surface area contributed by atoms with Gasteiger partial charge in [0.15, 0.2) is 11.0 Å². The molecule has 0 spiro atoms. The summed E-state index contributed by atoms with van der Waals surface area (Å²) >= 11 is 1.20. The molecule has 8 heteroatoms. The lowest BCUT2D eigenvalue weighted by molar-refractivity contribution is -0.113. The highest BCUT2D eigenvalue weighted by Crippen LogP contribution is 2.32. The first-order chi connectivity index (χ1) is 15.0. The van der Waals surface area contributed by atoms with Crippen LogP contribution in [0, 0.1) is 12.7 Å². The predicted octanol–water partition coefficient (Wildman–Crippen LogP) is 4.82. The first-order valence-electron chi connectivity index (χ1n) is 9.51. The summed E-state index contributed by atoms with van der Waals surface area (Å²) in [5, 5.41) is 22.0. The topological polar surface area (TPSA) is 80.0 Å². The van der Waals surface area contributed by atoms with Crippen LogP contribution in [0.3, 0.4) is 0 Å². The van der Waals surface area contributed by atoms with Crippen molar-refractivity contribution in [3.63, 3.8) is 0 Å². The predicted molar refractivity (Wildman–Crippen MR) is 119 cm³/mol. The number of rotatable bonds is 6. The fraction of sp³-hybridized carbons (Fsp3) is 0.0870. The molecule has 0 aliphatic rings. The molecular weight excluding hydrogens is 415 g/mol. The number of nitrogens with zero attached hydrogens (tertiary/aromatic N) is 3. The van der Waals surface area contributed by atoms with Gasteiger partial charge in [0.2, 0.25) is 5.91 Å². The number of anilines is 1. The molecule has 6 nitrogen and oxygen atoms in total. The maximum atomic E-state index is 13.7. The Balaban J connectivity index is 1.59. The summed E-state index contributed by atoms with van der Waals surface area (Å²) in [7, 11) is 0. The number of benzene rings is 3. The zero-order valence-corrected chi connectivity index (χ0v) is 17.4. The van der Waals surface area contributed by atoms with Crippen molar-refractivity contribution in [1.82, 2.24) is 14.8 Å². The van der Waals surface area contributed by atoms with Crippen molar-refractivity contribution < 1.29 is 14.3 Å². The second-order valence-corrected chi connectivity index (χ2v) is 7.74. The van der Waals surface area contributed by atoms with Crippen LogP contribution >= 0.6 is 11.8 Å². The van der Waals surface area contributed by atoms with Crippen LogP contribution in [0.25, 0.3) is 17.1 Å². The number of carbonyl (C=O) groups is 1. The van der Waals surface area contributed by atoms with E-state index in [4.69, 9.17) is 0 Å². The lowest BCUT2D eigenvalue weighted by atomic mass is 10.2. The molecule has 0 fully saturated rings. The second kappa shape index (κ2) is 9.01. The SMILES string of the molecule is Cc1ccc(NC(=O)CSc2nnc(-c3ccccc3O)n2-c2ccccc2)cc1F. The minimum Gasteiger partial charge on any atom is -0.507 e. The van der Waals surface area contributed by atoms with Crippen LogP contribution in [0.15, 0.2) is 78.0 Å². The highest BCUT2D eigenvalue weighted by Gasteiger charge is 2.19. The van der Waals surface area contributed by atoms with E-state index in [-0.39, 0.29) is 23.2 Å². The Labute approximate surface area is 182 Å². The molecule has 1 heterocycles. The standard InChI is InChI=1S/C23H19FN4O2S/c1-15-11-12-16(13-19(15)24)25-21(30)14-31-23-27-26-22(18-9-5-6-10-20(18)29)28(23)17-7-3-2-4-8-17/h2-13,29H,14H2,1H3,(H,25,30). The molecule has 0 saturated heterocycles. The number of aromatic hydroxyl groups is 1. The van der Waals surface area contributed by atoms with Gasteiger partial charge in [-0.3, -0.25) is 9.36 Å². The summed E-state index contributed by atoms with van der Waals surface area (Å²) in [6, 6.07) is 20.9. The third-order valence-corrected chi connectivity index (χ3v) is 5.51. The van der Waals surface area contributed by atoms with Gasteiger partial charge >= 0.3 is 0 Å². The molecule has 1 aromatic heterocycles. The van der Waals surface area contributed by atoms with Gasteiger partial charge in [-0.1, -0.05) is 48.2 Å². The molecule has 0 unspecified atom stereocenters. The average molecular weight is 434 g/mol. The van der Waals surface area contributed by atoms with Gasteiger partial charge in [-0.25, -0.2) is 4.39 Å². The van der Waals surface area contributed by atoms with Gasteiger partial charge in [-0.2, -0.15) is 0 Å². The summed E-state index contributed by atoms with van der Waals surface area (Å²) in [5.74, 6) is -0.0570. The number of nitrogens with one attached hydrogen (secondary N) is 1. The molecule has 4 aromatic rings. The van der Waals surface area contributed by atoms with Crippen molar-refractivity contribution >= 4 is 23.4 Å². The van der Waals surface area contributed by atoms with Crippen LogP contribution in [-0.4, -0.2) is 31.5 Å². The van der Waals surface area contributed by atoms with Crippen LogP contribution in [0.2, 0.25) is 0 Å². The first kappa shape index (κ1) is 20.6. The Bertz CT molecular complexity index is 1230. The van der Waals surface area contributed by atoms with Crippen LogP contribution in [-0.2, 0) is 4.79 Å².